The molecule has 0 radical (unpaired) electrons. The maximum atomic E-state index is 12.3. The number of likely N-dealkylation sites (tertiary alicyclic amines) is 1. The minimum Gasteiger partial charge on any atom is -0.444 e. The molecule has 1 N–H and O–H groups in total. The summed E-state index contributed by atoms with van der Waals surface area (Å²) in [6.45, 7) is 11.5. The summed E-state index contributed by atoms with van der Waals surface area (Å²) in [4.78, 5) is 16.9. The van der Waals surface area contributed by atoms with Gasteiger partial charge in [-0.05, 0) is 78.4 Å². The van der Waals surface area contributed by atoms with Crippen molar-refractivity contribution in [2.24, 2.45) is 5.92 Å². The van der Waals surface area contributed by atoms with Crippen LogP contribution in [0.25, 0.3) is 0 Å². The van der Waals surface area contributed by atoms with Gasteiger partial charge in [0, 0.05) is 25.2 Å². The molecule has 0 aliphatic carbocycles. The zero-order valence-corrected chi connectivity index (χ0v) is 15.0. The molecule has 132 valence electrons. The normalized spacial score (nSPS) is 34.0. The number of nitrogens with one attached hydrogen (secondary N) is 1. The van der Waals surface area contributed by atoms with Crippen LogP contribution in [0, 0.1) is 5.92 Å². The van der Waals surface area contributed by atoms with Gasteiger partial charge < -0.3 is 19.9 Å². The Morgan fingerprint density at radius 3 is 2.74 bits per heavy atom. The van der Waals surface area contributed by atoms with E-state index >= 15 is 0 Å². The van der Waals surface area contributed by atoms with Crippen LogP contribution in [0.3, 0.4) is 0 Å². The number of carbonyl (C=O) groups excluding carboxylic acids is 1. The molecule has 3 saturated heterocycles. The van der Waals surface area contributed by atoms with Crippen molar-refractivity contribution < 1.29 is 9.53 Å². The van der Waals surface area contributed by atoms with Crippen LogP contribution in [0.2, 0.25) is 0 Å². The van der Waals surface area contributed by atoms with E-state index in [1.54, 1.807) is 0 Å². The summed E-state index contributed by atoms with van der Waals surface area (Å²) in [6, 6.07) is 1.03. The molecule has 3 aliphatic rings. The van der Waals surface area contributed by atoms with Crippen LogP contribution in [-0.2, 0) is 4.74 Å². The van der Waals surface area contributed by atoms with Crippen molar-refractivity contribution in [1.82, 2.24) is 15.1 Å². The molecule has 3 fully saturated rings. The Balaban J connectivity index is 1.43. The van der Waals surface area contributed by atoms with E-state index in [1.165, 1.54) is 32.5 Å². The number of piperidine rings is 1. The van der Waals surface area contributed by atoms with Gasteiger partial charge in [0.15, 0.2) is 0 Å². The first-order valence-corrected chi connectivity index (χ1v) is 9.38. The number of rotatable bonds is 4. The SMILES string of the molecule is CC(C)(C)OC(=O)N1CCCC1CCNC1CCN2CCC1C2. The average molecular weight is 323 g/mol. The summed E-state index contributed by atoms with van der Waals surface area (Å²) in [5.74, 6) is 0.842. The van der Waals surface area contributed by atoms with Crippen LogP contribution in [0.5, 0.6) is 0 Å². The fourth-order valence-corrected chi connectivity index (χ4v) is 4.35. The van der Waals surface area contributed by atoms with Gasteiger partial charge in [-0.2, -0.15) is 0 Å². The molecule has 2 bridgehead atoms. The van der Waals surface area contributed by atoms with E-state index in [-0.39, 0.29) is 6.09 Å². The van der Waals surface area contributed by atoms with Gasteiger partial charge >= 0.3 is 6.09 Å². The third-order valence-corrected chi connectivity index (χ3v) is 5.52. The van der Waals surface area contributed by atoms with E-state index in [0.29, 0.717) is 12.1 Å². The van der Waals surface area contributed by atoms with Crippen LogP contribution in [0.4, 0.5) is 4.79 Å². The van der Waals surface area contributed by atoms with Gasteiger partial charge in [-0.15, -0.1) is 0 Å². The first-order valence-electron chi connectivity index (χ1n) is 9.38. The number of nitrogens with zero attached hydrogens (tertiary/aromatic N) is 2. The molecule has 1 amide bonds. The minimum absolute atomic E-state index is 0.135. The highest BCUT2D eigenvalue weighted by Gasteiger charge is 2.35. The lowest BCUT2D eigenvalue weighted by molar-refractivity contribution is 0.0219. The second-order valence-corrected chi connectivity index (χ2v) is 8.46. The molecular weight excluding hydrogens is 290 g/mol. The second kappa shape index (κ2) is 6.98. The molecule has 0 aromatic heterocycles. The molecule has 0 aromatic carbocycles. The van der Waals surface area contributed by atoms with Crippen molar-refractivity contribution in [1.29, 1.82) is 0 Å². The van der Waals surface area contributed by atoms with Crippen molar-refractivity contribution in [3.8, 4) is 0 Å². The lowest BCUT2D eigenvalue weighted by Gasteiger charge is -2.32. The Bertz CT molecular complexity index is 421. The molecule has 23 heavy (non-hydrogen) atoms. The predicted molar refractivity (Wildman–Crippen MR) is 91.5 cm³/mol. The molecule has 0 aromatic rings. The van der Waals surface area contributed by atoms with Gasteiger partial charge in [0.1, 0.15) is 5.60 Å². The van der Waals surface area contributed by atoms with Crippen LogP contribution in [-0.4, -0.2) is 66.3 Å². The Kier molecular flexibility index (Phi) is 5.16. The predicted octanol–water partition coefficient (Wildman–Crippen LogP) is 2.46. The highest BCUT2D eigenvalue weighted by Crippen LogP contribution is 2.27. The minimum atomic E-state index is -0.404. The molecule has 4 atom stereocenters. The molecule has 0 saturated carbocycles. The van der Waals surface area contributed by atoms with Gasteiger partial charge in [0.25, 0.3) is 0 Å². The molecular formula is C18H33N3O2. The summed E-state index contributed by atoms with van der Waals surface area (Å²) in [6.07, 6.45) is 5.76. The summed E-state index contributed by atoms with van der Waals surface area (Å²) >= 11 is 0. The smallest absolute Gasteiger partial charge is 0.410 e. The molecule has 4 unspecified atom stereocenters. The van der Waals surface area contributed by atoms with E-state index in [0.717, 1.165) is 38.3 Å². The maximum absolute atomic E-state index is 12.3. The van der Waals surface area contributed by atoms with Gasteiger partial charge in [-0.3, -0.25) is 0 Å². The Hall–Kier alpha value is -0.810. The lowest BCUT2D eigenvalue weighted by Crippen LogP contribution is -2.46. The Morgan fingerprint density at radius 2 is 1.96 bits per heavy atom. The summed E-state index contributed by atoms with van der Waals surface area (Å²) in [5, 5.41) is 3.78. The van der Waals surface area contributed by atoms with Crippen molar-refractivity contribution in [3.63, 3.8) is 0 Å². The van der Waals surface area contributed by atoms with Crippen LogP contribution < -0.4 is 5.32 Å². The van der Waals surface area contributed by atoms with Crippen molar-refractivity contribution >= 4 is 6.09 Å². The summed E-state index contributed by atoms with van der Waals surface area (Å²) < 4.78 is 5.55. The second-order valence-electron chi connectivity index (χ2n) is 8.46. The van der Waals surface area contributed by atoms with Gasteiger partial charge in [-0.1, -0.05) is 0 Å². The first-order chi connectivity index (χ1) is 10.9. The zero-order chi connectivity index (χ0) is 16.4. The van der Waals surface area contributed by atoms with E-state index in [4.69, 9.17) is 4.74 Å². The third-order valence-electron chi connectivity index (χ3n) is 5.52. The first kappa shape index (κ1) is 17.0. The fourth-order valence-electron chi connectivity index (χ4n) is 4.35. The van der Waals surface area contributed by atoms with Crippen molar-refractivity contribution in [3.05, 3.63) is 0 Å². The van der Waals surface area contributed by atoms with Gasteiger partial charge in [-0.25, -0.2) is 4.79 Å². The zero-order valence-electron chi connectivity index (χ0n) is 15.0. The largest absolute Gasteiger partial charge is 0.444 e. The highest BCUT2D eigenvalue weighted by atomic mass is 16.6. The van der Waals surface area contributed by atoms with Crippen LogP contribution >= 0.6 is 0 Å². The molecule has 5 nitrogen and oxygen atoms in total. The maximum Gasteiger partial charge on any atom is 0.410 e. The topological polar surface area (TPSA) is 44.8 Å². The van der Waals surface area contributed by atoms with Crippen LogP contribution in [0.1, 0.15) is 52.9 Å². The quantitative estimate of drug-likeness (QED) is 0.863. The molecule has 3 rings (SSSR count). The van der Waals surface area contributed by atoms with Crippen molar-refractivity contribution in [2.45, 2.75) is 70.6 Å². The average Bonchev–Trinajstić information content (AvgIpc) is 3.07. The Morgan fingerprint density at radius 1 is 1.17 bits per heavy atom. The lowest BCUT2D eigenvalue weighted by atomic mass is 9.94. The highest BCUT2D eigenvalue weighted by molar-refractivity contribution is 5.68. The fraction of sp³-hybridized carbons (Fsp3) is 0.944. The molecule has 3 aliphatic heterocycles. The molecule has 5 heteroatoms. The van der Waals surface area contributed by atoms with E-state index in [2.05, 4.69) is 10.2 Å². The number of hydrogen-bond acceptors (Lipinski definition) is 4. The number of carbonyl (C=O) groups is 1. The number of ether oxygens (including phenoxy) is 1. The summed E-state index contributed by atoms with van der Waals surface area (Å²) in [5.41, 5.74) is -0.404. The summed E-state index contributed by atoms with van der Waals surface area (Å²) in [7, 11) is 0. The van der Waals surface area contributed by atoms with E-state index in [9.17, 15) is 4.79 Å². The van der Waals surface area contributed by atoms with E-state index in [1.807, 2.05) is 25.7 Å². The van der Waals surface area contributed by atoms with Crippen LogP contribution in [0.15, 0.2) is 0 Å². The monoisotopic (exact) mass is 323 g/mol. The van der Waals surface area contributed by atoms with Gasteiger partial charge in [0.2, 0.25) is 0 Å². The Labute approximate surface area is 140 Å². The third kappa shape index (κ3) is 4.38. The number of fused-ring (bicyclic) bond motifs is 2. The van der Waals surface area contributed by atoms with Gasteiger partial charge in [0.05, 0.1) is 0 Å². The molecule has 3 heterocycles. The van der Waals surface area contributed by atoms with E-state index < -0.39 is 5.60 Å². The molecule has 0 spiro atoms. The number of amides is 1. The number of hydrogen-bond donors (Lipinski definition) is 1. The van der Waals surface area contributed by atoms with Crippen molar-refractivity contribution in [2.75, 3.05) is 32.7 Å². The standard InChI is InChI=1S/C18H33N3O2/c1-18(2,3)23-17(22)21-10-4-5-15(21)6-9-19-16-8-12-20-11-7-14(16)13-20/h14-16,19H,4-13H2,1-3H3.